The van der Waals surface area contributed by atoms with Crippen LogP contribution < -0.4 is 26.6 Å². The van der Waals surface area contributed by atoms with Gasteiger partial charge in [0.25, 0.3) is 0 Å². The fourth-order valence-corrected chi connectivity index (χ4v) is 6.16. The molecule has 3 rings (SSSR count). The van der Waals surface area contributed by atoms with Crippen LogP contribution in [0.3, 0.4) is 0 Å². The Bertz CT molecular complexity index is 1410. The summed E-state index contributed by atoms with van der Waals surface area (Å²) in [5.41, 5.74) is -0.131. The average molecular weight is 713 g/mol. The molecule has 2 aliphatic rings. The Labute approximate surface area is 298 Å². The maximum Gasteiger partial charge on any atom is 0.243 e. The van der Waals surface area contributed by atoms with E-state index in [1.165, 1.54) is 11.8 Å². The highest BCUT2D eigenvalue weighted by atomic mass is 16.5. The normalized spacial score (nSPS) is 17.2. The van der Waals surface area contributed by atoms with Crippen molar-refractivity contribution in [1.29, 1.82) is 0 Å². The van der Waals surface area contributed by atoms with Crippen LogP contribution in [0.15, 0.2) is 30.3 Å². The van der Waals surface area contributed by atoms with E-state index in [0.29, 0.717) is 38.6 Å². The van der Waals surface area contributed by atoms with Crippen molar-refractivity contribution >= 4 is 47.1 Å². The maximum absolute atomic E-state index is 13.0. The predicted molar refractivity (Wildman–Crippen MR) is 185 cm³/mol. The Kier molecular flexibility index (Phi) is 16.2. The molecule has 1 unspecified atom stereocenters. The molecule has 1 aliphatic carbocycles. The molecule has 2 fully saturated rings. The zero-order chi connectivity index (χ0) is 37.4. The van der Waals surface area contributed by atoms with E-state index in [0.717, 1.165) is 18.4 Å². The van der Waals surface area contributed by atoms with Crippen molar-refractivity contribution in [3.8, 4) is 0 Å². The third-order valence-electron chi connectivity index (χ3n) is 9.29. The number of rotatable bonds is 21. The lowest BCUT2D eigenvalue weighted by Crippen LogP contribution is -2.52. The first-order chi connectivity index (χ1) is 24.3. The molecule has 2 atom stereocenters. The Hall–Kier alpha value is -4.66. The molecule has 51 heavy (non-hydrogen) atoms. The summed E-state index contributed by atoms with van der Waals surface area (Å²) in [6, 6.07) is 7.89. The molecule has 7 amide bonds. The van der Waals surface area contributed by atoms with Crippen molar-refractivity contribution in [2.75, 3.05) is 32.9 Å². The van der Waals surface area contributed by atoms with Crippen molar-refractivity contribution in [3.63, 3.8) is 0 Å². The van der Waals surface area contributed by atoms with Crippen molar-refractivity contribution in [3.05, 3.63) is 35.9 Å². The summed E-state index contributed by atoms with van der Waals surface area (Å²) in [6.07, 6.45) is 5.18. The number of nitrogens with one attached hydrogen (secondary N) is 5. The third-order valence-corrected chi connectivity index (χ3v) is 9.29. The van der Waals surface area contributed by atoms with Gasteiger partial charge in [-0.1, -0.05) is 50.6 Å². The quantitative estimate of drug-likeness (QED) is 0.0688. The van der Waals surface area contributed by atoms with Gasteiger partial charge in [0.1, 0.15) is 18.4 Å². The van der Waals surface area contributed by atoms with Gasteiger partial charge in [-0.15, -0.1) is 0 Å². The van der Waals surface area contributed by atoms with E-state index in [1.807, 2.05) is 19.9 Å². The van der Waals surface area contributed by atoms with Gasteiger partial charge in [-0.3, -0.25) is 43.3 Å². The fourth-order valence-electron chi connectivity index (χ4n) is 6.16. The number of carbonyl (C=O) groups is 8. The number of hydrogen-bond donors (Lipinski definition) is 5. The molecule has 1 aliphatic heterocycles. The van der Waals surface area contributed by atoms with Crippen LogP contribution in [0.25, 0.3) is 0 Å². The number of likely N-dealkylation sites (tertiary alicyclic amines) is 1. The van der Waals surface area contributed by atoms with E-state index in [9.17, 15) is 38.4 Å². The molecule has 1 heterocycles. The van der Waals surface area contributed by atoms with Crippen LogP contribution in [-0.2, 0) is 49.5 Å². The number of unbranched alkanes of at least 4 members (excludes halogenated alkanes) is 2. The molecule has 280 valence electrons. The van der Waals surface area contributed by atoms with Crippen LogP contribution in [0, 0.1) is 11.8 Å². The van der Waals surface area contributed by atoms with E-state index < -0.39 is 41.8 Å². The van der Waals surface area contributed by atoms with E-state index in [4.69, 9.17) is 4.74 Å². The number of ether oxygens (including phenoxy) is 1. The minimum atomic E-state index is -1.06. The zero-order valence-corrected chi connectivity index (χ0v) is 29.8. The van der Waals surface area contributed by atoms with Gasteiger partial charge in [-0.25, -0.2) is 0 Å². The number of amides is 7. The smallest absolute Gasteiger partial charge is 0.243 e. The number of nitrogens with zero attached hydrogens (tertiary/aromatic N) is 1. The Morgan fingerprint density at radius 2 is 1.45 bits per heavy atom. The van der Waals surface area contributed by atoms with Gasteiger partial charge in [-0.2, -0.15) is 0 Å². The number of ketones is 1. The highest BCUT2D eigenvalue weighted by Crippen LogP contribution is 2.33. The van der Waals surface area contributed by atoms with Crippen molar-refractivity contribution in [1.82, 2.24) is 31.5 Å². The van der Waals surface area contributed by atoms with Gasteiger partial charge < -0.3 is 31.3 Å². The van der Waals surface area contributed by atoms with Crippen molar-refractivity contribution in [2.45, 2.75) is 96.6 Å². The Balaban J connectivity index is 1.35. The third kappa shape index (κ3) is 13.2. The topological polar surface area (TPSA) is 209 Å². The number of carbonyl (C=O) groups excluding carboxylic acids is 8. The van der Waals surface area contributed by atoms with Crippen LogP contribution >= 0.6 is 0 Å². The molecule has 0 spiro atoms. The number of Topliss-reactive ketones (excluding diaryl/α,β-unsaturated/α-hetero) is 1. The standard InChI is InChI=1S/C36H52N6O9/c1-24(2)27-19-33(48)42(35(27)50)17-11-5-8-14-29(44)37-20-30(45)38-22-32(47)41-28(18-26-12-6-4-7-13-26)34(49)39-21-31(46)40-23-51-36(25(3)43)15-9-10-16-36/h4,6-7,12-13,24,27-28H,5,8-11,14-23H2,1-3H3,(H,37,44)(H,38,45)(H,39,49)(H,40,46)(H,41,47)/t27?,28-/m0/s1. The molecular formula is C36H52N6O9. The summed E-state index contributed by atoms with van der Waals surface area (Å²) >= 11 is 0. The lowest BCUT2D eigenvalue weighted by Gasteiger charge is -2.26. The fraction of sp³-hybridized carbons (Fsp3) is 0.611. The van der Waals surface area contributed by atoms with E-state index >= 15 is 0 Å². The monoisotopic (exact) mass is 712 g/mol. The lowest BCUT2D eigenvalue weighted by atomic mass is 9.94. The first-order valence-corrected chi connectivity index (χ1v) is 17.7. The summed E-state index contributed by atoms with van der Waals surface area (Å²) in [7, 11) is 0. The molecule has 1 saturated carbocycles. The lowest BCUT2D eigenvalue weighted by molar-refractivity contribution is -0.145. The van der Waals surface area contributed by atoms with Crippen LogP contribution in [0.5, 0.6) is 0 Å². The van der Waals surface area contributed by atoms with E-state index in [-0.39, 0.29) is 74.4 Å². The number of imide groups is 1. The highest BCUT2D eigenvalue weighted by molar-refractivity contribution is 6.03. The largest absolute Gasteiger partial charge is 0.347 e. The molecule has 1 aromatic rings. The maximum atomic E-state index is 13.0. The van der Waals surface area contributed by atoms with E-state index in [2.05, 4.69) is 26.6 Å². The summed E-state index contributed by atoms with van der Waals surface area (Å²) in [4.78, 5) is 101. The number of hydrogen-bond acceptors (Lipinski definition) is 9. The molecule has 0 radical (unpaired) electrons. The van der Waals surface area contributed by atoms with Gasteiger partial charge in [-0.05, 0) is 56.9 Å². The molecule has 5 N–H and O–H groups in total. The van der Waals surface area contributed by atoms with Crippen LogP contribution in [0.2, 0.25) is 0 Å². The summed E-state index contributed by atoms with van der Waals surface area (Å²) < 4.78 is 5.71. The predicted octanol–water partition coefficient (Wildman–Crippen LogP) is 0.646. The second-order valence-corrected chi connectivity index (χ2v) is 13.5. The van der Waals surface area contributed by atoms with Crippen molar-refractivity contribution < 1.29 is 43.1 Å². The second kappa shape index (κ2) is 20.3. The minimum Gasteiger partial charge on any atom is -0.347 e. The molecule has 1 aromatic carbocycles. The van der Waals surface area contributed by atoms with E-state index in [1.54, 1.807) is 24.3 Å². The number of benzene rings is 1. The van der Waals surface area contributed by atoms with Crippen LogP contribution in [-0.4, -0.2) is 96.6 Å². The summed E-state index contributed by atoms with van der Waals surface area (Å²) in [6.45, 7) is 4.28. The van der Waals surface area contributed by atoms with Crippen LogP contribution in [0.1, 0.15) is 84.1 Å². The average Bonchev–Trinajstić information content (AvgIpc) is 3.70. The van der Waals surface area contributed by atoms with Gasteiger partial charge in [0, 0.05) is 31.7 Å². The van der Waals surface area contributed by atoms with Gasteiger partial charge in [0.2, 0.25) is 41.4 Å². The molecule has 0 bridgehead atoms. The molecule has 15 nitrogen and oxygen atoms in total. The molecule has 15 heteroatoms. The second-order valence-electron chi connectivity index (χ2n) is 13.5. The summed E-state index contributed by atoms with van der Waals surface area (Å²) in [5.74, 6) is -3.28. The zero-order valence-electron chi connectivity index (χ0n) is 29.8. The van der Waals surface area contributed by atoms with Gasteiger partial charge >= 0.3 is 0 Å². The minimum absolute atomic E-state index is 0.0841. The summed E-state index contributed by atoms with van der Waals surface area (Å²) in [5, 5.41) is 12.6. The van der Waals surface area contributed by atoms with Crippen molar-refractivity contribution in [2.24, 2.45) is 11.8 Å². The van der Waals surface area contributed by atoms with Gasteiger partial charge in [0.15, 0.2) is 5.78 Å². The molecular weight excluding hydrogens is 660 g/mol. The highest BCUT2D eigenvalue weighted by Gasteiger charge is 2.40. The molecule has 0 aromatic heterocycles. The Morgan fingerprint density at radius 3 is 2.10 bits per heavy atom. The van der Waals surface area contributed by atoms with Crippen LogP contribution in [0.4, 0.5) is 0 Å². The first-order valence-electron chi connectivity index (χ1n) is 17.7. The SMILES string of the molecule is CC(=O)C1(OCNC(=O)CNC(=O)[C@H](Cc2ccccc2)NC(=O)CNC(=O)CNC(=O)CCCCCN2C(=O)CC(C(C)C)C2=O)CCCC1. The van der Waals surface area contributed by atoms with Gasteiger partial charge in [0.05, 0.1) is 19.6 Å². The first kappa shape index (κ1) is 40.8. The Morgan fingerprint density at radius 1 is 0.824 bits per heavy atom. The molecule has 1 saturated heterocycles.